The summed E-state index contributed by atoms with van der Waals surface area (Å²) in [6.45, 7) is 4.46. The Morgan fingerprint density at radius 1 is 1.08 bits per heavy atom. The third kappa shape index (κ3) is 8.46. The van der Waals surface area contributed by atoms with Crippen molar-refractivity contribution in [2.24, 2.45) is 0 Å². The smallest absolute Gasteiger partial charge is 0.333 e. The molecule has 1 heterocycles. The minimum Gasteiger partial charge on any atom is -0.466 e. The summed E-state index contributed by atoms with van der Waals surface area (Å²) in [6.07, 6.45) is 2.49. The van der Waals surface area contributed by atoms with Gasteiger partial charge in [0.15, 0.2) is 0 Å². The summed E-state index contributed by atoms with van der Waals surface area (Å²) in [5.41, 5.74) is -0.853. The van der Waals surface area contributed by atoms with Gasteiger partial charge in [0.25, 0.3) is 11.8 Å². The number of amides is 2. The molecule has 1 atom stereocenters. The van der Waals surface area contributed by atoms with Crippen LogP contribution in [0.1, 0.15) is 65.2 Å². The summed E-state index contributed by atoms with van der Waals surface area (Å²) in [7, 11) is 5.95. The predicted octanol–water partition coefficient (Wildman–Crippen LogP) is 1.40. The van der Waals surface area contributed by atoms with Crippen molar-refractivity contribution in [1.82, 2.24) is 5.06 Å². The highest BCUT2D eigenvalue weighted by atomic mass is 16.7. The normalized spacial score (nSPS) is 16.5. The van der Waals surface area contributed by atoms with E-state index in [1.807, 2.05) is 0 Å². The number of imide groups is 1. The predicted molar refractivity (Wildman–Crippen MR) is 91.6 cm³/mol. The molecule has 1 unspecified atom stereocenters. The second-order valence-corrected chi connectivity index (χ2v) is 6.38. The van der Waals surface area contributed by atoms with Crippen molar-refractivity contribution in [2.75, 3.05) is 13.2 Å². The summed E-state index contributed by atoms with van der Waals surface area (Å²) in [6, 6.07) is 0. The maximum Gasteiger partial charge on any atom is 0.333 e. The molecule has 1 aliphatic heterocycles. The Labute approximate surface area is 154 Å². The number of rotatable bonds is 12. The van der Waals surface area contributed by atoms with Gasteiger partial charge in [-0.15, -0.1) is 5.06 Å². The summed E-state index contributed by atoms with van der Waals surface area (Å²) in [5.74, 6) is -2.27. The van der Waals surface area contributed by atoms with Gasteiger partial charge < -0.3 is 14.3 Å². The Kier molecular flexibility index (Phi) is 9.33. The van der Waals surface area contributed by atoms with Crippen LogP contribution in [0.15, 0.2) is 0 Å². The SMILES string of the molecule is [B]C(C)(CCOC(=O)CCCC(=O)ON1C(=O)CCC1=O)OCCCC. The van der Waals surface area contributed by atoms with Gasteiger partial charge in [0.2, 0.25) is 0 Å². The van der Waals surface area contributed by atoms with Crippen molar-refractivity contribution in [2.45, 2.75) is 70.7 Å². The molecule has 1 saturated heterocycles. The maximum absolute atomic E-state index is 11.6. The Hall–Kier alpha value is -1.90. The summed E-state index contributed by atoms with van der Waals surface area (Å²) >= 11 is 0. The third-order valence-electron chi connectivity index (χ3n) is 3.75. The van der Waals surface area contributed by atoms with E-state index in [4.69, 9.17) is 22.2 Å². The number of nitrogens with zero attached hydrogens (tertiary/aromatic N) is 1. The van der Waals surface area contributed by atoms with Gasteiger partial charge in [-0.05, 0) is 19.8 Å². The molecular formula is C17H26BNO7. The minimum absolute atomic E-state index is 0.0228. The van der Waals surface area contributed by atoms with Crippen LogP contribution in [0.2, 0.25) is 0 Å². The van der Waals surface area contributed by atoms with Gasteiger partial charge in [0.1, 0.15) is 7.85 Å². The van der Waals surface area contributed by atoms with Crippen LogP contribution in [0, 0.1) is 0 Å². The van der Waals surface area contributed by atoms with Crippen LogP contribution in [0.5, 0.6) is 0 Å². The van der Waals surface area contributed by atoms with Crippen LogP contribution < -0.4 is 0 Å². The summed E-state index contributed by atoms with van der Waals surface area (Å²) in [5, 5.41) is 0.487. The van der Waals surface area contributed by atoms with Gasteiger partial charge >= 0.3 is 11.9 Å². The molecule has 0 N–H and O–H groups in total. The molecule has 9 heteroatoms. The van der Waals surface area contributed by atoms with Crippen LogP contribution in [-0.2, 0) is 33.5 Å². The number of unbranched alkanes of at least 4 members (excludes halogenated alkanes) is 1. The van der Waals surface area contributed by atoms with E-state index < -0.39 is 29.3 Å². The monoisotopic (exact) mass is 367 g/mol. The number of ether oxygens (including phenoxy) is 2. The molecule has 8 nitrogen and oxygen atoms in total. The van der Waals surface area contributed by atoms with Crippen LogP contribution in [-0.4, -0.2) is 55.4 Å². The highest BCUT2D eigenvalue weighted by Crippen LogP contribution is 2.14. The Bertz CT molecular complexity index is 505. The van der Waals surface area contributed by atoms with Crippen LogP contribution in [0.4, 0.5) is 0 Å². The van der Waals surface area contributed by atoms with Gasteiger partial charge in [0, 0.05) is 44.2 Å². The molecule has 2 amide bonds. The quantitative estimate of drug-likeness (QED) is 0.222. The molecule has 1 fully saturated rings. The molecule has 0 aromatic heterocycles. The third-order valence-corrected chi connectivity index (χ3v) is 3.75. The lowest BCUT2D eigenvalue weighted by Gasteiger charge is -2.25. The lowest BCUT2D eigenvalue weighted by atomic mass is 9.80. The lowest BCUT2D eigenvalue weighted by molar-refractivity contribution is -0.197. The standard InChI is InChI=1S/C17H26BNO7/c1-3-4-11-25-17(2,18)10-12-24-15(22)6-5-7-16(23)26-19-13(20)8-9-14(19)21/h3-12H2,1-2H3. The number of carbonyl (C=O) groups excluding carboxylic acids is 4. The van der Waals surface area contributed by atoms with Crippen LogP contribution in [0.3, 0.4) is 0 Å². The molecule has 2 radical (unpaired) electrons. The molecule has 0 aliphatic carbocycles. The van der Waals surface area contributed by atoms with E-state index in [0.717, 1.165) is 12.8 Å². The number of esters is 1. The van der Waals surface area contributed by atoms with E-state index in [9.17, 15) is 19.2 Å². The zero-order valence-electron chi connectivity index (χ0n) is 15.5. The first-order valence-corrected chi connectivity index (χ1v) is 8.90. The zero-order valence-corrected chi connectivity index (χ0v) is 15.5. The average molecular weight is 367 g/mol. The van der Waals surface area contributed by atoms with Gasteiger partial charge in [0.05, 0.1) is 6.61 Å². The largest absolute Gasteiger partial charge is 0.466 e. The first-order valence-electron chi connectivity index (χ1n) is 8.90. The summed E-state index contributed by atoms with van der Waals surface area (Å²) < 4.78 is 10.6. The molecule has 1 aliphatic rings. The Morgan fingerprint density at radius 3 is 2.31 bits per heavy atom. The van der Waals surface area contributed by atoms with E-state index in [0.29, 0.717) is 18.1 Å². The van der Waals surface area contributed by atoms with E-state index in [-0.39, 0.29) is 38.7 Å². The van der Waals surface area contributed by atoms with Gasteiger partial charge in [-0.3, -0.25) is 14.4 Å². The fourth-order valence-corrected chi connectivity index (χ4v) is 2.14. The number of hydroxylamine groups is 2. The fraction of sp³-hybridized carbons (Fsp3) is 0.765. The lowest BCUT2D eigenvalue weighted by Crippen LogP contribution is -2.32. The van der Waals surface area contributed by atoms with Crippen molar-refractivity contribution in [3.05, 3.63) is 0 Å². The van der Waals surface area contributed by atoms with E-state index >= 15 is 0 Å². The molecular weight excluding hydrogens is 341 g/mol. The number of hydrogen-bond donors (Lipinski definition) is 0. The Morgan fingerprint density at radius 2 is 1.69 bits per heavy atom. The van der Waals surface area contributed by atoms with Gasteiger partial charge in [-0.2, -0.15) is 0 Å². The van der Waals surface area contributed by atoms with Crippen molar-refractivity contribution < 1.29 is 33.5 Å². The fourth-order valence-electron chi connectivity index (χ4n) is 2.14. The van der Waals surface area contributed by atoms with E-state index in [1.165, 1.54) is 0 Å². The highest BCUT2D eigenvalue weighted by molar-refractivity contribution is 6.14. The van der Waals surface area contributed by atoms with Crippen molar-refractivity contribution in [3.8, 4) is 0 Å². The minimum atomic E-state index is -0.853. The van der Waals surface area contributed by atoms with E-state index in [1.54, 1.807) is 6.92 Å². The molecule has 0 spiro atoms. The van der Waals surface area contributed by atoms with Crippen molar-refractivity contribution in [1.29, 1.82) is 0 Å². The second kappa shape index (κ2) is 11.0. The molecule has 0 aromatic carbocycles. The van der Waals surface area contributed by atoms with Gasteiger partial charge in [-0.25, -0.2) is 4.79 Å². The first kappa shape index (κ1) is 22.1. The molecule has 26 heavy (non-hydrogen) atoms. The average Bonchev–Trinajstić information content (AvgIpc) is 2.86. The van der Waals surface area contributed by atoms with Crippen molar-refractivity contribution in [3.63, 3.8) is 0 Å². The number of carbonyl (C=O) groups is 4. The van der Waals surface area contributed by atoms with Gasteiger partial charge in [-0.1, -0.05) is 13.3 Å². The topological polar surface area (TPSA) is 99.2 Å². The molecule has 144 valence electrons. The van der Waals surface area contributed by atoms with Crippen LogP contribution >= 0.6 is 0 Å². The zero-order chi connectivity index (χ0) is 19.6. The first-order chi connectivity index (χ1) is 12.2. The molecule has 1 rings (SSSR count). The molecule has 0 aromatic rings. The molecule has 0 saturated carbocycles. The van der Waals surface area contributed by atoms with Crippen molar-refractivity contribution >= 4 is 31.6 Å². The van der Waals surface area contributed by atoms with Crippen LogP contribution in [0.25, 0.3) is 0 Å². The Balaban J connectivity index is 2.13. The maximum atomic E-state index is 11.6. The summed E-state index contributed by atoms with van der Waals surface area (Å²) in [4.78, 5) is 50.6. The van der Waals surface area contributed by atoms with E-state index in [2.05, 4.69) is 6.92 Å². The number of hydrogen-bond acceptors (Lipinski definition) is 7. The second-order valence-electron chi connectivity index (χ2n) is 6.38. The molecule has 0 bridgehead atoms. The highest BCUT2D eigenvalue weighted by Gasteiger charge is 2.32.